The molecule has 10 heteroatoms. The summed E-state index contributed by atoms with van der Waals surface area (Å²) in [7, 11) is -3.77. The number of hydrogen-bond donors (Lipinski definition) is 1. The van der Waals surface area contributed by atoms with Gasteiger partial charge in [-0.05, 0) is 50.8 Å². The number of sulfonamides is 1. The van der Waals surface area contributed by atoms with Crippen molar-refractivity contribution in [1.29, 1.82) is 0 Å². The van der Waals surface area contributed by atoms with Crippen LogP contribution in [0.4, 0.5) is 13.2 Å². The zero-order chi connectivity index (χ0) is 22.9. The third-order valence-corrected chi connectivity index (χ3v) is 7.01. The lowest BCUT2D eigenvalue weighted by atomic mass is 9.94. The van der Waals surface area contributed by atoms with E-state index in [1.54, 1.807) is 12.1 Å². The summed E-state index contributed by atoms with van der Waals surface area (Å²) >= 11 is 0. The lowest BCUT2D eigenvalue weighted by Crippen LogP contribution is -2.39. The van der Waals surface area contributed by atoms with Gasteiger partial charge in [0.25, 0.3) is 0 Å². The Morgan fingerprint density at radius 1 is 1.03 bits per heavy atom. The van der Waals surface area contributed by atoms with Crippen molar-refractivity contribution in [2.45, 2.75) is 55.8 Å². The Morgan fingerprint density at radius 3 is 2.44 bits per heavy atom. The smallest absolute Gasteiger partial charge is 0.417 e. The molecule has 6 nitrogen and oxygen atoms in total. The fourth-order valence-corrected chi connectivity index (χ4v) is 5.28. The maximum atomic E-state index is 13.0. The molecule has 0 bridgehead atoms. The van der Waals surface area contributed by atoms with Crippen LogP contribution >= 0.6 is 0 Å². The lowest BCUT2D eigenvalue weighted by Gasteiger charge is -2.29. The summed E-state index contributed by atoms with van der Waals surface area (Å²) in [5, 5.41) is 0.750. The van der Waals surface area contributed by atoms with Crippen LogP contribution in [0.15, 0.2) is 53.6 Å². The number of pyridine rings is 2. The highest BCUT2D eigenvalue weighted by atomic mass is 32.2. The van der Waals surface area contributed by atoms with E-state index in [1.807, 2.05) is 25.1 Å². The Hall–Kier alpha value is -2.72. The predicted molar refractivity (Wildman–Crippen MR) is 113 cm³/mol. The number of aromatic nitrogens is 2. The van der Waals surface area contributed by atoms with Crippen LogP contribution in [-0.4, -0.2) is 30.5 Å². The molecule has 0 saturated heterocycles. The maximum Gasteiger partial charge on any atom is 0.417 e. The minimum Gasteiger partial charge on any atom is -0.474 e. The van der Waals surface area contributed by atoms with Gasteiger partial charge in [0, 0.05) is 29.4 Å². The third-order valence-electron chi connectivity index (χ3n) is 5.46. The van der Waals surface area contributed by atoms with Gasteiger partial charge < -0.3 is 4.74 Å². The number of ether oxygens (including phenoxy) is 1. The molecular formula is C22H22F3N3O3S. The number of benzene rings is 1. The molecule has 1 N–H and O–H groups in total. The molecule has 2 heterocycles. The summed E-state index contributed by atoms with van der Waals surface area (Å²) in [6.45, 7) is 1.81. The zero-order valence-electron chi connectivity index (χ0n) is 17.3. The molecule has 4 rings (SSSR count). The van der Waals surface area contributed by atoms with Gasteiger partial charge in [0.1, 0.15) is 11.0 Å². The molecule has 1 aromatic carbocycles. The summed E-state index contributed by atoms with van der Waals surface area (Å²) in [5.74, 6) is 0.124. The second-order valence-corrected chi connectivity index (χ2v) is 9.56. The lowest BCUT2D eigenvalue weighted by molar-refractivity contribution is -0.137. The first kappa shape index (κ1) is 22.5. The Balaban J connectivity index is 1.38. The number of nitrogens with zero attached hydrogens (tertiary/aromatic N) is 2. The monoisotopic (exact) mass is 465 g/mol. The average Bonchev–Trinajstić information content (AvgIpc) is 2.74. The molecule has 0 unspecified atom stereocenters. The molecule has 32 heavy (non-hydrogen) atoms. The number of halogens is 3. The molecule has 0 aliphatic heterocycles. The van der Waals surface area contributed by atoms with Gasteiger partial charge in [-0.2, -0.15) is 13.2 Å². The minimum atomic E-state index is -4.45. The number of aryl methyl sites for hydroxylation is 1. The Labute approximate surface area is 183 Å². The van der Waals surface area contributed by atoms with E-state index in [1.165, 1.54) is 6.07 Å². The van der Waals surface area contributed by atoms with E-state index >= 15 is 0 Å². The highest BCUT2D eigenvalue weighted by Gasteiger charge is 2.31. The molecule has 170 valence electrons. The summed E-state index contributed by atoms with van der Waals surface area (Å²) in [6, 6.07) is 10.6. The molecule has 2 aromatic heterocycles. The van der Waals surface area contributed by atoms with Crippen LogP contribution in [-0.2, 0) is 16.2 Å². The number of nitrogens with one attached hydrogen (secondary N) is 1. The van der Waals surface area contributed by atoms with Crippen LogP contribution in [0.3, 0.4) is 0 Å². The Kier molecular flexibility index (Phi) is 6.09. The molecule has 1 saturated carbocycles. The average molecular weight is 465 g/mol. The van der Waals surface area contributed by atoms with Crippen molar-refractivity contribution in [3.05, 3.63) is 59.9 Å². The predicted octanol–water partition coefficient (Wildman–Crippen LogP) is 4.63. The standard InChI is InChI=1S/C22H22F3N3O3S/c1-14-5-6-15-3-2-4-19(21(15)27-14)32(29,30)28-17-8-10-18(11-9-17)31-20-12-7-16(13-26-20)22(23,24)25/h2-7,12-13,17-18,28H,8-11H2,1H3. The number of para-hydroxylation sites is 1. The summed E-state index contributed by atoms with van der Waals surface area (Å²) in [4.78, 5) is 8.28. The van der Waals surface area contributed by atoms with E-state index in [4.69, 9.17) is 4.74 Å². The third kappa shape index (κ3) is 5.02. The van der Waals surface area contributed by atoms with E-state index in [9.17, 15) is 21.6 Å². The van der Waals surface area contributed by atoms with E-state index in [0.29, 0.717) is 31.2 Å². The van der Waals surface area contributed by atoms with Gasteiger partial charge >= 0.3 is 6.18 Å². The number of rotatable bonds is 5. The van der Waals surface area contributed by atoms with Crippen molar-refractivity contribution in [2.75, 3.05) is 0 Å². The van der Waals surface area contributed by atoms with Crippen LogP contribution in [0, 0.1) is 6.92 Å². The van der Waals surface area contributed by atoms with Crippen LogP contribution < -0.4 is 9.46 Å². The highest BCUT2D eigenvalue weighted by molar-refractivity contribution is 7.89. The molecule has 0 amide bonds. The van der Waals surface area contributed by atoms with Gasteiger partial charge in [0.05, 0.1) is 11.1 Å². The first-order valence-electron chi connectivity index (χ1n) is 10.2. The van der Waals surface area contributed by atoms with Gasteiger partial charge in [0.15, 0.2) is 0 Å². The summed E-state index contributed by atoms with van der Waals surface area (Å²) in [6.07, 6.45) is -1.73. The first-order valence-corrected chi connectivity index (χ1v) is 11.7. The van der Waals surface area contributed by atoms with Crippen molar-refractivity contribution in [3.63, 3.8) is 0 Å². The summed E-state index contributed by atoms with van der Waals surface area (Å²) < 4.78 is 72.4. The van der Waals surface area contributed by atoms with Gasteiger partial charge in [-0.25, -0.2) is 18.1 Å². The van der Waals surface area contributed by atoms with Crippen LogP contribution in [0.2, 0.25) is 0 Å². The molecule has 0 radical (unpaired) electrons. The van der Waals surface area contributed by atoms with Gasteiger partial charge in [0.2, 0.25) is 15.9 Å². The summed E-state index contributed by atoms with van der Waals surface area (Å²) in [5.41, 5.74) is 0.334. The number of alkyl halides is 3. The minimum absolute atomic E-state index is 0.124. The fraction of sp³-hybridized carbons (Fsp3) is 0.364. The van der Waals surface area contributed by atoms with Gasteiger partial charge in [-0.15, -0.1) is 0 Å². The molecule has 1 fully saturated rings. The van der Waals surface area contributed by atoms with Crippen molar-refractivity contribution < 1.29 is 26.3 Å². The van der Waals surface area contributed by atoms with Crippen LogP contribution in [0.1, 0.15) is 36.9 Å². The quantitative estimate of drug-likeness (QED) is 0.595. The Bertz CT molecular complexity index is 1210. The molecule has 0 spiro atoms. The molecule has 3 aromatic rings. The molecular weight excluding hydrogens is 443 g/mol. The number of hydrogen-bond acceptors (Lipinski definition) is 5. The number of fused-ring (bicyclic) bond motifs is 1. The fourth-order valence-electron chi connectivity index (χ4n) is 3.80. The van der Waals surface area contributed by atoms with Crippen molar-refractivity contribution in [1.82, 2.24) is 14.7 Å². The van der Waals surface area contributed by atoms with E-state index in [0.717, 1.165) is 23.3 Å². The maximum absolute atomic E-state index is 13.0. The van der Waals surface area contributed by atoms with Gasteiger partial charge in [-0.3, -0.25) is 4.98 Å². The molecule has 1 aliphatic carbocycles. The van der Waals surface area contributed by atoms with E-state index < -0.39 is 21.8 Å². The zero-order valence-corrected chi connectivity index (χ0v) is 18.1. The first-order chi connectivity index (χ1) is 15.1. The van der Waals surface area contributed by atoms with Gasteiger partial charge in [-0.1, -0.05) is 18.2 Å². The topological polar surface area (TPSA) is 81.2 Å². The van der Waals surface area contributed by atoms with Crippen LogP contribution in [0.5, 0.6) is 5.88 Å². The largest absolute Gasteiger partial charge is 0.474 e. The Morgan fingerprint density at radius 2 is 1.78 bits per heavy atom. The SMILES string of the molecule is Cc1ccc2cccc(S(=O)(=O)NC3CCC(Oc4ccc(C(F)(F)F)cn4)CC3)c2n1. The van der Waals surface area contributed by atoms with Crippen LogP contribution in [0.25, 0.3) is 10.9 Å². The molecule has 0 atom stereocenters. The molecule has 1 aliphatic rings. The van der Waals surface area contributed by atoms with E-state index in [-0.39, 0.29) is 22.9 Å². The van der Waals surface area contributed by atoms with Crippen molar-refractivity contribution in [2.24, 2.45) is 0 Å². The second-order valence-electron chi connectivity index (χ2n) is 7.88. The normalized spacial score (nSPS) is 19.8. The van der Waals surface area contributed by atoms with Crippen molar-refractivity contribution in [3.8, 4) is 5.88 Å². The highest BCUT2D eigenvalue weighted by Crippen LogP contribution is 2.30. The van der Waals surface area contributed by atoms with Crippen molar-refractivity contribution >= 4 is 20.9 Å². The second kappa shape index (κ2) is 8.67. The van der Waals surface area contributed by atoms with E-state index in [2.05, 4.69) is 14.7 Å².